The molecule has 0 unspecified atom stereocenters. The number of hydrogen-bond acceptors (Lipinski definition) is 5. The second-order valence-corrected chi connectivity index (χ2v) is 7.46. The third kappa shape index (κ3) is 3.80. The maximum Gasteiger partial charge on any atom is 0.257 e. The molecule has 1 amide bonds. The SMILES string of the molecule is Cc1ccc(-c2nc(CN3CCN(C(=O)C4CCCC4)CC3)no2)cc1. The zero-order valence-corrected chi connectivity index (χ0v) is 15.4. The second kappa shape index (κ2) is 7.58. The maximum absolute atomic E-state index is 12.5. The van der Waals surface area contributed by atoms with Crippen molar-refractivity contribution in [3.63, 3.8) is 0 Å². The molecule has 2 aliphatic rings. The fraction of sp³-hybridized carbons (Fsp3) is 0.550. The molecule has 1 saturated carbocycles. The number of nitrogens with zero attached hydrogens (tertiary/aromatic N) is 4. The molecule has 1 aliphatic carbocycles. The van der Waals surface area contributed by atoms with Crippen molar-refractivity contribution in [3.8, 4) is 11.5 Å². The Labute approximate surface area is 154 Å². The molecular formula is C20H26N4O2. The third-order valence-electron chi connectivity index (χ3n) is 5.52. The largest absolute Gasteiger partial charge is 0.340 e. The molecule has 0 radical (unpaired) electrons. The highest BCUT2D eigenvalue weighted by Gasteiger charge is 2.29. The Balaban J connectivity index is 1.30. The standard InChI is InChI=1S/C20H26N4O2/c1-15-6-8-16(9-7-15)19-21-18(22-26-19)14-23-10-12-24(13-11-23)20(25)17-4-2-3-5-17/h6-9,17H,2-5,10-14H2,1H3. The lowest BCUT2D eigenvalue weighted by molar-refractivity contribution is -0.137. The van der Waals surface area contributed by atoms with Gasteiger partial charge in [0.2, 0.25) is 5.91 Å². The van der Waals surface area contributed by atoms with Crippen LogP contribution in [0.1, 0.15) is 37.1 Å². The number of carbonyl (C=O) groups is 1. The molecule has 1 aromatic heterocycles. The molecule has 2 fully saturated rings. The highest BCUT2D eigenvalue weighted by Crippen LogP contribution is 2.27. The molecule has 1 aromatic carbocycles. The molecule has 6 nitrogen and oxygen atoms in total. The normalized spacial score (nSPS) is 19.2. The van der Waals surface area contributed by atoms with Gasteiger partial charge in [-0.1, -0.05) is 35.7 Å². The molecule has 1 saturated heterocycles. The third-order valence-corrected chi connectivity index (χ3v) is 5.52. The molecule has 6 heteroatoms. The van der Waals surface area contributed by atoms with Gasteiger partial charge in [0.15, 0.2) is 5.82 Å². The van der Waals surface area contributed by atoms with Crippen molar-refractivity contribution in [1.29, 1.82) is 0 Å². The summed E-state index contributed by atoms with van der Waals surface area (Å²) in [6, 6.07) is 8.08. The van der Waals surface area contributed by atoms with E-state index in [1.54, 1.807) is 0 Å². The Kier molecular flexibility index (Phi) is 5.02. The monoisotopic (exact) mass is 354 g/mol. The molecule has 26 heavy (non-hydrogen) atoms. The Morgan fingerprint density at radius 2 is 1.81 bits per heavy atom. The molecule has 2 aromatic rings. The fourth-order valence-corrected chi connectivity index (χ4v) is 3.89. The number of aryl methyl sites for hydroxylation is 1. The van der Waals surface area contributed by atoms with Gasteiger partial charge in [0.25, 0.3) is 5.89 Å². The van der Waals surface area contributed by atoms with E-state index in [4.69, 9.17) is 4.52 Å². The van der Waals surface area contributed by atoms with E-state index in [9.17, 15) is 4.79 Å². The van der Waals surface area contributed by atoms with Gasteiger partial charge >= 0.3 is 0 Å². The van der Waals surface area contributed by atoms with Crippen LogP contribution in [-0.4, -0.2) is 52.0 Å². The van der Waals surface area contributed by atoms with Crippen LogP contribution in [0.5, 0.6) is 0 Å². The topological polar surface area (TPSA) is 62.5 Å². The van der Waals surface area contributed by atoms with Crippen molar-refractivity contribution in [3.05, 3.63) is 35.7 Å². The average molecular weight is 354 g/mol. The van der Waals surface area contributed by atoms with E-state index < -0.39 is 0 Å². The smallest absolute Gasteiger partial charge is 0.257 e. The van der Waals surface area contributed by atoms with E-state index in [1.165, 1.54) is 18.4 Å². The van der Waals surface area contributed by atoms with Gasteiger partial charge in [-0.05, 0) is 31.9 Å². The van der Waals surface area contributed by atoms with E-state index in [2.05, 4.69) is 22.0 Å². The summed E-state index contributed by atoms with van der Waals surface area (Å²) in [7, 11) is 0. The predicted octanol–water partition coefficient (Wildman–Crippen LogP) is 2.88. The first kappa shape index (κ1) is 17.2. The van der Waals surface area contributed by atoms with Crippen molar-refractivity contribution in [2.75, 3.05) is 26.2 Å². The zero-order chi connectivity index (χ0) is 17.9. The van der Waals surface area contributed by atoms with Crippen molar-refractivity contribution in [2.24, 2.45) is 5.92 Å². The van der Waals surface area contributed by atoms with Crippen molar-refractivity contribution in [2.45, 2.75) is 39.2 Å². The molecule has 4 rings (SSSR count). The molecular weight excluding hydrogens is 328 g/mol. The van der Waals surface area contributed by atoms with Gasteiger partial charge in [-0.25, -0.2) is 0 Å². The Morgan fingerprint density at radius 3 is 2.50 bits per heavy atom. The Bertz CT molecular complexity index is 741. The lowest BCUT2D eigenvalue weighted by Gasteiger charge is -2.35. The van der Waals surface area contributed by atoms with Crippen LogP contribution < -0.4 is 0 Å². The Morgan fingerprint density at radius 1 is 1.12 bits per heavy atom. The number of aromatic nitrogens is 2. The van der Waals surface area contributed by atoms with Gasteiger partial charge in [-0.2, -0.15) is 4.98 Å². The summed E-state index contributed by atoms with van der Waals surface area (Å²) >= 11 is 0. The van der Waals surface area contributed by atoms with Crippen LogP contribution in [0.3, 0.4) is 0 Å². The number of rotatable bonds is 4. The molecule has 0 N–H and O–H groups in total. The highest BCUT2D eigenvalue weighted by molar-refractivity contribution is 5.79. The minimum absolute atomic E-state index is 0.274. The predicted molar refractivity (Wildman–Crippen MR) is 98.3 cm³/mol. The molecule has 1 aliphatic heterocycles. The van der Waals surface area contributed by atoms with E-state index >= 15 is 0 Å². The summed E-state index contributed by atoms with van der Waals surface area (Å²) in [6.07, 6.45) is 4.56. The quantitative estimate of drug-likeness (QED) is 0.845. The minimum Gasteiger partial charge on any atom is -0.340 e. The average Bonchev–Trinajstić information content (AvgIpc) is 3.35. The number of piperazine rings is 1. The summed E-state index contributed by atoms with van der Waals surface area (Å²) in [4.78, 5) is 21.4. The van der Waals surface area contributed by atoms with Gasteiger partial charge in [-0.15, -0.1) is 0 Å². The fourth-order valence-electron chi connectivity index (χ4n) is 3.89. The van der Waals surface area contributed by atoms with E-state index in [1.807, 2.05) is 29.2 Å². The van der Waals surface area contributed by atoms with Crippen molar-refractivity contribution < 1.29 is 9.32 Å². The van der Waals surface area contributed by atoms with E-state index in [-0.39, 0.29) is 5.92 Å². The van der Waals surface area contributed by atoms with Crippen molar-refractivity contribution in [1.82, 2.24) is 19.9 Å². The van der Waals surface area contributed by atoms with Crippen LogP contribution in [0.25, 0.3) is 11.5 Å². The van der Waals surface area contributed by atoms with E-state index in [0.717, 1.165) is 44.6 Å². The minimum atomic E-state index is 0.274. The lowest BCUT2D eigenvalue weighted by atomic mass is 10.1. The van der Waals surface area contributed by atoms with E-state index in [0.29, 0.717) is 24.2 Å². The second-order valence-electron chi connectivity index (χ2n) is 7.46. The molecule has 0 atom stereocenters. The summed E-state index contributed by atoms with van der Waals surface area (Å²) in [6.45, 7) is 6.07. The first-order valence-electron chi connectivity index (χ1n) is 9.60. The van der Waals surface area contributed by atoms with Gasteiger partial charge in [-0.3, -0.25) is 9.69 Å². The Hall–Kier alpha value is -2.21. The number of benzene rings is 1. The highest BCUT2D eigenvalue weighted by atomic mass is 16.5. The molecule has 0 bridgehead atoms. The van der Waals surface area contributed by atoms with Gasteiger partial charge in [0, 0.05) is 37.7 Å². The van der Waals surface area contributed by atoms with Crippen LogP contribution in [0, 0.1) is 12.8 Å². The van der Waals surface area contributed by atoms with Crippen LogP contribution >= 0.6 is 0 Å². The first-order chi connectivity index (χ1) is 12.7. The lowest BCUT2D eigenvalue weighted by Crippen LogP contribution is -2.49. The number of carbonyl (C=O) groups excluding carboxylic acids is 1. The number of amides is 1. The summed E-state index contributed by atoms with van der Waals surface area (Å²) in [5.41, 5.74) is 2.15. The van der Waals surface area contributed by atoms with Gasteiger partial charge in [0.1, 0.15) is 0 Å². The van der Waals surface area contributed by atoms with Crippen molar-refractivity contribution >= 4 is 5.91 Å². The summed E-state index contributed by atoms with van der Waals surface area (Å²) < 4.78 is 5.41. The van der Waals surface area contributed by atoms with Gasteiger partial charge < -0.3 is 9.42 Å². The summed E-state index contributed by atoms with van der Waals surface area (Å²) in [5, 5.41) is 4.12. The zero-order valence-electron chi connectivity index (χ0n) is 15.4. The molecule has 138 valence electrons. The first-order valence-corrected chi connectivity index (χ1v) is 9.60. The van der Waals surface area contributed by atoms with Crippen LogP contribution in [0.4, 0.5) is 0 Å². The van der Waals surface area contributed by atoms with Crippen LogP contribution in [0.2, 0.25) is 0 Å². The van der Waals surface area contributed by atoms with Crippen LogP contribution in [0.15, 0.2) is 28.8 Å². The molecule has 2 heterocycles. The van der Waals surface area contributed by atoms with Gasteiger partial charge in [0.05, 0.1) is 6.54 Å². The van der Waals surface area contributed by atoms with Crippen LogP contribution in [-0.2, 0) is 11.3 Å². The molecule has 0 spiro atoms. The summed E-state index contributed by atoms with van der Waals surface area (Å²) in [5.74, 6) is 1.91. The maximum atomic E-state index is 12.5. The number of hydrogen-bond donors (Lipinski definition) is 0.